The maximum atomic E-state index is 5.93. The molecule has 0 aromatic carbocycles. The summed E-state index contributed by atoms with van der Waals surface area (Å²) in [4.78, 5) is 6.61. The third-order valence-electron chi connectivity index (χ3n) is 3.24. The highest BCUT2D eigenvalue weighted by Gasteiger charge is 2.34. The van der Waals surface area contributed by atoms with Crippen LogP contribution in [0.5, 0.6) is 0 Å². The van der Waals surface area contributed by atoms with Crippen LogP contribution < -0.4 is 10.6 Å². The molecule has 0 aliphatic carbocycles. The van der Waals surface area contributed by atoms with Crippen LogP contribution in [-0.2, 0) is 4.74 Å². The summed E-state index contributed by atoms with van der Waals surface area (Å²) in [6.07, 6.45) is 5.27. The Kier molecular flexibility index (Phi) is 2.87. The van der Waals surface area contributed by atoms with Crippen molar-refractivity contribution < 1.29 is 4.74 Å². The molecule has 0 saturated carbocycles. The molecule has 102 valence electrons. The van der Waals surface area contributed by atoms with Gasteiger partial charge in [-0.15, -0.1) is 10.2 Å². The molecule has 0 spiro atoms. The van der Waals surface area contributed by atoms with Crippen molar-refractivity contribution in [2.75, 3.05) is 24.5 Å². The molecule has 1 unspecified atom stereocenters. The van der Waals surface area contributed by atoms with Crippen LogP contribution in [-0.4, -0.2) is 50.9 Å². The van der Waals surface area contributed by atoms with Gasteiger partial charge in [0, 0.05) is 32.0 Å². The van der Waals surface area contributed by atoms with E-state index in [-0.39, 0.29) is 11.7 Å². The summed E-state index contributed by atoms with van der Waals surface area (Å²) in [7, 11) is 0. The molecule has 3 rings (SSSR count). The molecule has 3 heterocycles. The molecule has 7 nitrogen and oxygen atoms in total. The van der Waals surface area contributed by atoms with E-state index < -0.39 is 0 Å². The zero-order valence-corrected chi connectivity index (χ0v) is 11.2. The molecule has 2 aromatic heterocycles. The van der Waals surface area contributed by atoms with Crippen LogP contribution in [0.1, 0.15) is 13.8 Å². The van der Waals surface area contributed by atoms with Crippen molar-refractivity contribution >= 4 is 11.5 Å². The van der Waals surface area contributed by atoms with Gasteiger partial charge in [-0.1, -0.05) is 0 Å². The maximum Gasteiger partial charge on any atom is 0.203 e. The lowest BCUT2D eigenvalue weighted by Gasteiger charge is -2.42. The number of fused-ring (bicyclic) bond motifs is 1. The monoisotopic (exact) mass is 262 g/mol. The normalized spacial score (nSPS) is 22.9. The number of anilines is 1. The van der Waals surface area contributed by atoms with Crippen LogP contribution in [0.3, 0.4) is 0 Å². The van der Waals surface area contributed by atoms with Crippen molar-refractivity contribution in [3.05, 3.63) is 18.7 Å². The van der Waals surface area contributed by atoms with Crippen LogP contribution in [0.15, 0.2) is 18.7 Å². The highest BCUT2D eigenvalue weighted by molar-refractivity contribution is 5.63. The van der Waals surface area contributed by atoms with Gasteiger partial charge < -0.3 is 15.4 Å². The van der Waals surface area contributed by atoms with E-state index in [9.17, 15) is 0 Å². The molecule has 2 aromatic rings. The quantitative estimate of drug-likeness (QED) is 0.824. The first-order valence-electron chi connectivity index (χ1n) is 6.36. The van der Waals surface area contributed by atoms with Crippen molar-refractivity contribution in [3.63, 3.8) is 0 Å². The van der Waals surface area contributed by atoms with E-state index >= 15 is 0 Å². The first-order valence-corrected chi connectivity index (χ1v) is 6.36. The van der Waals surface area contributed by atoms with E-state index in [1.54, 1.807) is 12.5 Å². The molecule has 1 fully saturated rings. The number of morpholine rings is 1. The predicted octanol–water partition coefficient (Wildman–Crippen LogP) is 0.0668. The first-order chi connectivity index (χ1) is 9.09. The van der Waals surface area contributed by atoms with Crippen molar-refractivity contribution in [1.82, 2.24) is 19.6 Å². The van der Waals surface area contributed by atoms with Gasteiger partial charge in [0.1, 0.15) is 6.33 Å². The second-order valence-electron chi connectivity index (χ2n) is 5.43. The molecule has 7 heteroatoms. The van der Waals surface area contributed by atoms with Crippen LogP contribution in [0.2, 0.25) is 0 Å². The SMILES string of the molecule is CC1(C)CN(c2nccn3cnnc23)CC(CN)O1. The lowest BCUT2D eigenvalue weighted by Crippen LogP contribution is -2.55. The van der Waals surface area contributed by atoms with E-state index in [1.165, 1.54) is 0 Å². The Hall–Kier alpha value is -1.73. The molecular formula is C12H18N6O. The fourth-order valence-corrected chi connectivity index (χ4v) is 2.55. The third-order valence-corrected chi connectivity index (χ3v) is 3.24. The van der Waals surface area contributed by atoms with Gasteiger partial charge in [0.2, 0.25) is 5.65 Å². The van der Waals surface area contributed by atoms with Gasteiger partial charge in [0.25, 0.3) is 0 Å². The van der Waals surface area contributed by atoms with E-state index in [4.69, 9.17) is 10.5 Å². The highest BCUT2D eigenvalue weighted by atomic mass is 16.5. The summed E-state index contributed by atoms with van der Waals surface area (Å²) in [6.45, 7) is 6.09. The fourth-order valence-electron chi connectivity index (χ4n) is 2.55. The van der Waals surface area contributed by atoms with Gasteiger partial charge in [-0.05, 0) is 13.8 Å². The maximum absolute atomic E-state index is 5.93. The number of nitrogens with two attached hydrogens (primary N) is 1. The number of hydrogen-bond acceptors (Lipinski definition) is 6. The first kappa shape index (κ1) is 12.3. The smallest absolute Gasteiger partial charge is 0.203 e. The van der Waals surface area contributed by atoms with Gasteiger partial charge in [-0.2, -0.15) is 0 Å². The lowest BCUT2D eigenvalue weighted by molar-refractivity contribution is -0.0789. The summed E-state index contributed by atoms with van der Waals surface area (Å²) in [6, 6.07) is 0. The molecule has 0 amide bonds. The van der Waals surface area contributed by atoms with Crippen LogP contribution in [0.25, 0.3) is 5.65 Å². The van der Waals surface area contributed by atoms with E-state index in [0.717, 1.165) is 24.6 Å². The average Bonchev–Trinajstić information content (AvgIpc) is 2.84. The molecule has 1 atom stereocenters. The fraction of sp³-hybridized carbons (Fsp3) is 0.583. The number of nitrogens with zero attached hydrogens (tertiary/aromatic N) is 5. The second-order valence-corrected chi connectivity index (χ2v) is 5.43. The van der Waals surface area contributed by atoms with Gasteiger partial charge in [0.15, 0.2) is 5.82 Å². The molecule has 0 bridgehead atoms. The lowest BCUT2D eigenvalue weighted by atomic mass is 10.1. The van der Waals surface area contributed by atoms with Crippen LogP contribution >= 0.6 is 0 Å². The summed E-state index contributed by atoms with van der Waals surface area (Å²) in [5, 5.41) is 8.05. The van der Waals surface area contributed by atoms with E-state index in [2.05, 4.69) is 33.9 Å². The Morgan fingerprint density at radius 3 is 3.16 bits per heavy atom. The molecule has 1 aliphatic heterocycles. The summed E-state index contributed by atoms with van der Waals surface area (Å²) >= 11 is 0. The molecule has 19 heavy (non-hydrogen) atoms. The number of aromatic nitrogens is 4. The van der Waals surface area contributed by atoms with Gasteiger partial charge in [0.05, 0.1) is 11.7 Å². The van der Waals surface area contributed by atoms with E-state index in [1.807, 2.05) is 10.6 Å². The molecule has 2 N–H and O–H groups in total. The highest BCUT2D eigenvalue weighted by Crippen LogP contribution is 2.26. The molecule has 0 radical (unpaired) electrons. The Balaban J connectivity index is 1.98. The van der Waals surface area contributed by atoms with Crippen LogP contribution in [0, 0.1) is 0 Å². The van der Waals surface area contributed by atoms with Crippen LogP contribution in [0.4, 0.5) is 5.82 Å². The molecular weight excluding hydrogens is 244 g/mol. The largest absolute Gasteiger partial charge is 0.367 e. The Morgan fingerprint density at radius 1 is 1.53 bits per heavy atom. The Morgan fingerprint density at radius 2 is 2.37 bits per heavy atom. The minimum absolute atomic E-state index is 0.00808. The molecule has 1 aliphatic rings. The molecule has 1 saturated heterocycles. The minimum Gasteiger partial charge on any atom is -0.367 e. The number of rotatable bonds is 2. The van der Waals surface area contributed by atoms with Gasteiger partial charge in [-0.3, -0.25) is 4.40 Å². The topological polar surface area (TPSA) is 81.6 Å². The summed E-state index contributed by atoms with van der Waals surface area (Å²) in [5.74, 6) is 0.829. The average molecular weight is 262 g/mol. The van der Waals surface area contributed by atoms with Crippen molar-refractivity contribution in [1.29, 1.82) is 0 Å². The standard InChI is InChI=1S/C12H18N6O/c1-12(2)7-18(6-9(5-13)19-12)10-11-16-15-8-17(11)4-3-14-10/h3-4,8-9H,5-7,13H2,1-2H3. The predicted molar refractivity (Wildman–Crippen MR) is 71.0 cm³/mol. The van der Waals surface area contributed by atoms with Gasteiger partial charge >= 0.3 is 0 Å². The Bertz CT molecular complexity index is 580. The van der Waals surface area contributed by atoms with E-state index in [0.29, 0.717) is 6.54 Å². The summed E-state index contributed by atoms with van der Waals surface area (Å²) < 4.78 is 7.79. The minimum atomic E-state index is -0.253. The van der Waals surface area contributed by atoms with Crippen molar-refractivity contribution in [2.45, 2.75) is 25.6 Å². The summed E-state index contributed by atoms with van der Waals surface area (Å²) in [5.41, 5.74) is 6.26. The number of hydrogen-bond donors (Lipinski definition) is 1. The second kappa shape index (κ2) is 4.43. The zero-order valence-electron chi connectivity index (χ0n) is 11.2. The van der Waals surface area contributed by atoms with Gasteiger partial charge in [-0.25, -0.2) is 4.98 Å². The third kappa shape index (κ3) is 2.26. The zero-order chi connectivity index (χ0) is 13.5. The van der Waals surface area contributed by atoms with Crippen molar-refractivity contribution in [3.8, 4) is 0 Å². The Labute approximate surface area is 111 Å². The van der Waals surface area contributed by atoms with Crippen molar-refractivity contribution in [2.24, 2.45) is 5.73 Å². The number of ether oxygens (including phenoxy) is 1.